The molecule has 6 nitrogen and oxygen atoms in total. The topological polar surface area (TPSA) is 60.9 Å². The van der Waals surface area contributed by atoms with Gasteiger partial charge in [-0.15, -0.1) is 0 Å². The van der Waals surface area contributed by atoms with Gasteiger partial charge in [-0.3, -0.25) is 4.79 Å². The number of hydrogen-bond donors (Lipinski definition) is 0. The highest BCUT2D eigenvalue weighted by Crippen LogP contribution is 2.16. The molecule has 1 amide bonds. The minimum Gasteiger partial charge on any atom is -0.475 e. The second kappa shape index (κ2) is 9.28. The minimum atomic E-state index is -0.110. The van der Waals surface area contributed by atoms with Crippen LogP contribution in [-0.2, 0) is 9.47 Å². The van der Waals surface area contributed by atoms with Gasteiger partial charge in [0.25, 0.3) is 5.91 Å². The summed E-state index contributed by atoms with van der Waals surface area (Å²) < 4.78 is 15.4. The molecule has 0 aliphatic heterocycles. The number of methoxy groups -OCH3 is 2. The van der Waals surface area contributed by atoms with Crippen LogP contribution in [0.15, 0.2) is 18.3 Å². The SMILES string of the molecule is COCCCN(C)C(=O)c1cccnc1OCCOC. The molecule has 0 N–H and O–H groups in total. The van der Waals surface area contributed by atoms with Crippen LogP contribution in [0.5, 0.6) is 5.88 Å². The van der Waals surface area contributed by atoms with Gasteiger partial charge in [0.1, 0.15) is 12.2 Å². The van der Waals surface area contributed by atoms with Gasteiger partial charge in [-0.2, -0.15) is 0 Å². The largest absolute Gasteiger partial charge is 0.475 e. The van der Waals surface area contributed by atoms with Gasteiger partial charge >= 0.3 is 0 Å². The zero-order valence-corrected chi connectivity index (χ0v) is 12.3. The summed E-state index contributed by atoms with van der Waals surface area (Å²) >= 11 is 0. The van der Waals surface area contributed by atoms with Crippen molar-refractivity contribution >= 4 is 5.91 Å². The van der Waals surface area contributed by atoms with Crippen molar-refractivity contribution in [2.75, 3.05) is 47.6 Å². The van der Waals surface area contributed by atoms with Gasteiger partial charge in [-0.05, 0) is 18.6 Å². The van der Waals surface area contributed by atoms with Gasteiger partial charge < -0.3 is 19.1 Å². The smallest absolute Gasteiger partial charge is 0.259 e. The van der Waals surface area contributed by atoms with Gasteiger partial charge in [0, 0.05) is 40.6 Å². The van der Waals surface area contributed by atoms with Crippen molar-refractivity contribution in [1.29, 1.82) is 0 Å². The summed E-state index contributed by atoms with van der Waals surface area (Å²) in [5.74, 6) is 0.231. The Bertz CT molecular complexity index is 412. The number of ether oxygens (including phenoxy) is 3. The lowest BCUT2D eigenvalue weighted by Gasteiger charge is -2.18. The third-order valence-corrected chi connectivity index (χ3v) is 2.72. The van der Waals surface area contributed by atoms with Crippen molar-refractivity contribution in [2.24, 2.45) is 0 Å². The van der Waals surface area contributed by atoms with E-state index in [9.17, 15) is 4.79 Å². The fourth-order valence-electron chi connectivity index (χ4n) is 1.64. The summed E-state index contributed by atoms with van der Waals surface area (Å²) in [7, 11) is 4.99. The summed E-state index contributed by atoms with van der Waals surface area (Å²) in [5, 5.41) is 0. The lowest BCUT2D eigenvalue weighted by atomic mass is 10.2. The van der Waals surface area contributed by atoms with Crippen molar-refractivity contribution in [3.63, 3.8) is 0 Å². The molecule has 0 spiro atoms. The summed E-state index contributed by atoms with van der Waals surface area (Å²) in [6, 6.07) is 3.43. The van der Waals surface area contributed by atoms with Crippen LogP contribution in [0.2, 0.25) is 0 Å². The summed E-state index contributed by atoms with van der Waals surface area (Å²) in [4.78, 5) is 18.1. The predicted molar refractivity (Wildman–Crippen MR) is 75.1 cm³/mol. The van der Waals surface area contributed by atoms with Crippen molar-refractivity contribution < 1.29 is 19.0 Å². The molecule has 20 heavy (non-hydrogen) atoms. The average Bonchev–Trinajstić information content (AvgIpc) is 2.47. The number of hydrogen-bond acceptors (Lipinski definition) is 5. The Kier molecular flexibility index (Phi) is 7.60. The highest BCUT2D eigenvalue weighted by atomic mass is 16.5. The summed E-state index contributed by atoms with van der Waals surface area (Å²) in [6.07, 6.45) is 2.39. The van der Waals surface area contributed by atoms with E-state index in [1.54, 1.807) is 44.5 Å². The lowest BCUT2D eigenvalue weighted by molar-refractivity contribution is 0.0770. The first-order valence-corrected chi connectivity index (χ1v) is 6.51. The van der Waals surface area contributed by atoms with Crippen LogP contribution in [-0.4, -0.2) is 63.4 Å². The van der Waals surface area contributed by atoms with Crippen molar-refractivity contribution in [2.45, 2.75) is 6.42 Å². The monoisotopic (exact) mass is 282 g/mol. The van der Waals surface area contributed by atoms with E-state index in [1.165, 1.54) is 0 Å². The molecule has 6 heteroatoms. The third-order valence-electron chi connectivity index (χ3n) is 2.72. The second-order valence-corrected chi connectivity index (χ2v) is 4.27. The zero-order chi connectivity index (χ0) is 14.8. The number of aromatic nitrogens is 1. The fraction of sp³-hybridized carbons (Fsp3) is 0.571. The molecule has 1 heterocycles. The Morgan fingerprint density at radius 2 is 2.00 bits per heavy atom. The maximum atomic E-state index is 12.3. The second-order valence-electron chi connectivity index (χ2n) is 4.27. The molecule has 1 aromatic rings. The maximum Gasteiger partial charge on any atom is 0.259 e. The molecule has 0 atom stereocenters. The molecule has 0 unspecified atom stereocenters. The molecule has 0 saturated carbocycles. The fourth-order valence-corrected chi connectivity index (χ4v) is 1.64. The first-order valence-electron chi connectivity index (χ1n) is 6.51. The molecule has 0 saturated heterocycles. The normalized spacial score (nSPS) is 10.3. The molecule has 0 radical (unpaired) electrons. The van der Waals surface area contributed by atoms with Crippen LogP contribution < -0.4 is 4.74 Å². The quantitative estimate of drug-likeness (QED) is 0.637. The van der Waals surface area contributed by atoms with Crippen LogP contribution in [0.1, 0.15) is 16.8 Å². The highest BCUT2D eigenvalue weighted by Gasteiger charge is 2.17. The Balaban J connectivity index is 2.66. The molecule has 0 bridgehead atoms. The van der Waals surface area contributed by atoms with E-state index in [0.29, 0.717) is 37.8 Å². The van der Waals surface area contributed by atoms with Crippen LogP contribution in [0.25, 0.3) is 0 Å². The molecule has 1 aromatic heterocycles. The van der Waals surface area contributed by atoms with Gasteiger partial charge in [0.2, 0.25) is 5.88 Å². The number of rotatable bonds is 9. The van der Waals surface area contributed by atoms with Gasteiger partial charge in [-0.1, -0.05) is 0 Å². The first kappa shape index (κ1) is 16.4. The Hall–Kier alpha value is -1.66. The van der Waals surface area contributed by atoms with Crippen LogP contribution >= 0.6 is 0 Å². The molecule has 1 rings (SSSR count). The highest BCUT2D eigenvalue weighted by molar-refractivity contribution is 5.96. The molecule has 0 aromatic carbocycles. The Morgan fingerprint density at radius 3 is 2.70 bits per heavy atom. The minimum absolute atomic E-state index is 0.110. The van der Waals surface area contributed by atoms with Crippen LogP contribution in [0, 0.1) is 0 Å². The standard InChI is InChI=1S/C14H22N2O4/c1-16(8-5-9-18-2)14(17)12-6-4-7-15-13(12)20-11-10-19-3/h4,6-7H,5,8-11H2,1-3H3. The van der Waals surface area contributed by atoms with E-state index in [-0.39, 0.29) is 5.91 Å². The summed E-state index contributed by atoms with van der Waals surface area (Å²) in [6.45, 7) is 2.07. The van der Waals surface area contributed by atoms with Crippen LogP contribution in [0.3, 0.4) is 0 Å². The van der Waals surface area contributed by atoms with E-state index in [2.05, 4.69) is 4.98 Å². The summed E-state index contributed by atoms with van der Waals surface area (Å²) in [5.41, 5.74) is 0.462. The molecule has 0 aliphatic rings. The number of carbonyl (C=O) groups excluding carboxylic acids is 1. The maximum absolute atomic E-state index is 12.3. The first-order chi connectivity index (χ1) is 9.70. The molecule has 0 aliphatic carbocycles. The van der Waals surface area contributed by atoms with Gasteiger partial charge in [0.05, 0.1) is 6.61 Å². The molecule has 112 valence electrons. The van der Waals surface area contributed by atoms with E-state index in [4.69, 9.17) is 14.2 Å². The van der Waals surface area contributed by atoms with Crippen molar-refractivity contribution in [1.82, 2.24) is 9.88 Å². The number of pyridine rings is 1. The zero-order valence-electron chi connectivity index (χ0n) is 12.3. The Labute approximate surface area is 119 Å². The number of carbonyl (C=O) groups is 1. The van der Waals surface area contributed by atoms with Crippen molar-refractivity contribution in [3.05, 3.63) is 23.9 Å². The molecular weight excluding hydrogens is 260 g/mol. The van der Waals surface area contributed by atoms with E-state index < -0.39 is 0 Å². The molecule has 0 fully saturated rings. The predicted octanol–water partition coefficient (Wildman–Crippen LogP) is 1.22. The number of amides is 1. The molecular formula is C14H22N2O4. The van der Waals surface area contributed by atoms with E-state index in [0.717, 1.165) is 6.42 Å². The van der Waals surface area contributed by atoms with Gasteiger partial charge in [0.15, 0.2) is 0 Å². The lowest BCUT2D eigenvalue weighted by Crippen LogP contribution is -2.29. The average molecular weight is 282 g/mol. The Morgan fingerprint density at radius 1 is 1.25 bits per heavy atom. The third kappa shape index (κ3) is 5.14. The van der Waals surface area contributed by atoms with Crippen molar-refractivity contribution in [3.8, 4) is 5.88 Å². The van der Waals surface area contributed by atoms with Crippen LogP contribution in [0.4, 0.5) is 0 Å². The van der Waals surface area contributed by atoms with Gasteiger partial charge in [-0.25, -0.2) is 4.98 Å². The number of nitrogens with zero attached hydrogens (tertiary/aromatic N) is 2. The van der Waals surface area contributed by atoms with E-state index in [1.807, 2.05) is 0 Å². The van der Waals surface area contributed by atoms with E-state index >= 15 is 0 Å².